The van der Waals surface area contributed by atoms with Gasteiger partial charge >= 0.3 is 5.97 Å². The van der Waals surface area contributed by atoms with Gasteiger partial charge in [-0.25, -0.2) is 4.79 Å². The lowest BCUT2D eigenvalue weighted by atomic mass is 10.2. The monoisotopic (exact) mass is 291 g/mol. The van der Waals surface area contributed by atoms with E-state index in [9.17, 15) is 14.7 Å². The number of rotatable bonds is 5. The number of aromatic nitrogens is 3. The fourth-order valence-electron chi connectivity index (χ4n) is 1.63. The summed E-state index contributed by atoms with van der Waals surface area (Å²) in [6.45, 7) is 0.809. The molecule has 0 bridgehead atoms. The van der Waals surface area contributed by atoms with Gasteiger partial charge in [0.1, 0.15) is 11.3 Å². The Kier molecular flexibility index (Phi) is 4.14. The lowest BCUT2D eigenvalue weighted by molar-refractivity contribution is 0.0693. The number of nitrogens with zero attached hydrogens (tertiary/aromatic N) is 3. The highest BCUT2D eigenvalue weighted by molar-refractivity contribution is 6.03. The highest BCUT2D eigenvalue weighted by Crippen LogP contribution is 2.22. The van der Waals surface area contributed by atoms with E-state index in [4.69, 9.17) is 10.8 Å². The minimum atomic E-state index is -1.25. The molecule has 0 spiro atoms. The maximum Gasteiger partial charge on any atom is 0.339 e. The smallest absolute Gasteiger partial charge is 0.339 e. The molecule has 2 rings (SSSR count). The van der Waals surface area contributed by atoms with E-state index < -0.39 is 17.6 Å². The quantitative estimate of drug-likeness (QED) is 0.601. The highest BCUT2D eigenvalue weighted by atomic mass is 16.4. The Morgan fingerprint density at radius 2 is 2.14 bits per heavy atom. The molecule has 0 aliphatic carbocycles. The van der Waals surface area contributed by atoms with E-state index in [1.54, 1.807) is 0 Å². The SMILES string of the molecule is NCCn1cc(C(=O)Nc2ccc(C(=O)O)c(O)c2)nn1. The van der Waals surface area contributed by atoms with E-state index in [0.29, 0.717) is 13.1 Å². The number of hydrogen-bond acceptors (Lipinski definition) is 6. The van der Waals surface area contributed by atoms with Gasteiger partial charge in [-0.1, -0.05) is 5.21 Å². The van der Waals surface area contributed by atoms with E-state index in [0.717, 1.165) is 6.07 Å². The van der Waals surface area contributed by atoms with E-state index >= 15 is 0 Å². The largest absolute Gasteiger partial charge is 0.507 e. The molecule has 1 aromatic heterocycles. The molecule has 0 saturated carbocycles. The molecule has 0 saturated heterocycles. The van der Waals surface area contributed by atoms with Crippen molar-refractivity contribution in [3.8, 4) is 5.75 Å². The third kappa shape index (κ3) is 3.34. The number of carbonyl (C=O) groups is 2. The van der Waals surface area contributed by atoms with E-state index in [2.05, 4.69) is 15.6 Å². The molecule has 1 aromatic carbocycles. The Hall–Kier alpha value is -2.94. The average molecular weight is 291 g/mol. The molecule has 9 nitrogen and oxygen atoms in total. The number of amides is 1. The lowest BCUT2D eigenvalue weighted by Gasteiger charge is -2.05. The molecule has 0 atom stereocenters. The van der Waals surface area contributed by atoms with Gasteiger partial charge < -0.3 is 21.3 Å². The fourth-order valence-corrected chi connectivity index (χ4v) is 1.63. The number of nitrogens with one attached hydrogen (secondary N) is 1. The van der Waals surface area contributed by atoms with Crippen molar-refractivity contribution in [3.05, 3.63) is 35.7 Å². The lowest BCUT2D eigenvalue weighted by Crippen LogP contribution is -2.13. The molecule has 0 radical (unpaired) electrons. The molecule has 2 aromatic rings. The van der Waals surface area contributed by atoms with Gasteiger partial charge in [0.2, 0.25) is 0 Å². The van der Waals surface area contributed by atoms with Crippen LogP contribution in [0, 0.1) is 0 Å². The Bertz CT molecular complexity index is 682. The maximum atomic E-state index is 11.9. The number of phenols is 1. The second-order valence-electron chi connectivity index (χ2n) is 4.15. The summed E-state index contributed by atoms with van der Waals surface area (Å²) in [5, 5.41) is 28.2. The predicted octanol–water partition coefficient (Wildman–Crippen LogP) is -0.107. The number of benzene rings is 1. The van der Waals surface area contributed by atoms with Crippen LogP contribution in [0.3, 0.4) is 0 Å². The molecule has 5 N–H and O–H groups in total. The number of aromatic carboxylic acids is 1. The summed E-state index contributed by atoms with van der Waals surface area (Å²) >= 11 is 0. The number of nitrogens with two attached hydrogens (primary N) is 1. The van der Waals surface area contributed by atoms with Gasteiger partial charge in [0.25, 0.3) is 5.91 Å². The Morgan fingerprint density at radius 1 is 1.38 bits per heavy atom. The van der Waals surface area contributed by atoms with Crippen LogP contribution < -0.4 is 11.1 Å². The van der Waals surface area contributed by atoms with Crippen molar-refractivity contribution >= 4 is 17.6 Å². The van der Waals surface area contributed by atoms with Crippen molar-refractivity contribution in [3.63, 3.8) is 0 Å². The van der Waals surface area contributed by atoms with Crippen LogP contribution in [-0.2, 0) is 6.54 Å². The molecular weight excluding hydrogens is 278 g/mol. The predicted molar refractivity (Wildman–Crippen MR) is 72.1 cm³/mol. The van der Waals surface area contributed by atoms with Crippen molar-refractivity contribution in [1.82, 2.24) is 15.0 Å². The van der Waals surface area contributed by atoms with Crippen LogP contribution in [0.4, 0.5) is 5.69 Å². The zero-order chi connectivity index (χ0) is 15.4. The molecule has 21 heavy (non-hydrogen) atoms. The van der Waals surface area contributed by atoms with Gasteiger partial charge in [0.05, 0.1) is 12.7 Å². The Balaban J connectivity index is 2.11. The Morgan fingerprint density at radius 3 is 2.76 bits per heavy atom. The van der Waals surface area contributed by atoms with Crippen LogP contribution in [0.25, 0.3) is 0 Å². The summed E-state index contributed by atoms with van der Waals surface area (Å²) in [7, 11) is 0. The summed E-state index contributed by atoms with van der Waals surface area (Å²) < 4.78 is 1.43. The summed E-state index contributed by atoms with van der Waals surface area (Å²) in [4.78, 5) is 22.7. The number of carboxylic acid groups (broad SMARTS) is 1. The standard InChI is InChI=1S/C12H13N5O4/c13-3-4-17-6-9(15-16-17)11(19)14-7-1-2-8(12(20)21)10(18)5-7/h1-2,5-6,18H,3-4,13H2,(H,14,19)(H,20,21). The van der Waals surface area contributed by atoms with Gasteiger partial charge in [-0.2, -0.15) is 0 Å². The summed E-state index contributed by atoms with van der Waals surface area (Å²) in [5.41, 5.74) is 5.45. The zero-order valence-corrected chi connectivity index (χ0v) is 10.9. The number of anilines is 1. The van der Waals surface area contributed by atoms with Crippen LogP contribution in [0.1, 0.15) is 20.8 Å². The first-order chi connectivity index (χ1) is 10.0. The van der Waals surface area contributed by atoms with E-state index in [1.165, 1.54) is 23.0 Å². The van der Waals surface area contributed by atoms with Gasteiger partial charge in [-0.05, 0) is 12.1 Å². The van der Waals surface area contributed by atoms with Crippen LogP contribution >= 0.6 is 0 Å². The molecule has 9 heteroatoms. The normalized spacial score (nSPS) is 10.3. The summed E-state index contributed by atoms with van der Waals surface area (Å²) in [6.07, 6.45) is 1.44. The number of hydrogen-bond donors (Lipinski definition) is 4. The molecule has 0 unspecified atom stereocenters. The second kappa shape index (κ2) is 6.01. The molecule has 0 fully saturated rings. The average Bonchev–Trinajstić information content (AvgIpc) is 2.87. The molecule has 1 amide bonds. The van der Waals surface area contributed by atoms with Crippen molar-refractivity contribution in [2.24, 2.45) is 5.73 Å². The van der Waals surface area contributed by atoms with Crippen LogP contribution in [0.15, 0.2) is 24.4 Å². The summed E-state index contributed by atoms with van der Waals surface area (Å²) in [6, 6.07) is 3.70. The van der Waals surface area contributed by atoms with Gasteiger partial charge in [-0.3, -0.25) is 9.48 Å². The molecule has 0 aliphatic rings. The number of carbonyl (C=O) groups excluding carboxylic acids is 1. The fraction of sp³-hybridized carbons (Fsp3) is 0.167. The van der Waals surface area contributed by atoms with Crippen molar-refractivity contribution in [2.75, 3.05) is 11.9 Å². The van der Waals surface area contributed by atoms with Crippen molar-refractivity contribution in [1.29, 1.82) is 0 Å². The molecular formula is C12H13N5O4. The highest BCUT2D eigenvalue weighted by Gasteiger charge is 2.14. The van der Waals surface area contributed by atoms with Crippen LogP contribution in [0.5, 0.6) is 5.75 Å². The van der Waals surface area contributed by atoms with Gasteiger partial charge in [0, 0.05) is 18.3 Å². The first kappa shape index (κ1) is 14.5. The van der Waals surface area contributed by atoms with Gasteiger partial charge in [-0.15, -0.1) is 5.10 Å². The van der Waals surface area contributed by atoms with Crippen LogP contribution in [0.2, 0.25) is 0 Å². The summed E-state index contributed by atoms with van der Waals surface area (Å²) in [5.74, 6) is -2.22. The third-order valence-corrected chi connectivity index (χ3v) is 2.62. The number of carboxylic acids is 1. The topological polar surface area (TPSA) is 143 Å². The zero-order valence-electron chi connectivity index (χ0n) is 10.9. The number of aromatic hydroxyl groups is 1. The molecule has 0 aliphatic heterocycles. The maximum absolute atomic E-state index is 11.9. The van der Waals surface area contributed by atoms with E-state index in [-0.39, 0.29) is 16.9 Å². The minimum absolute atomic E-state index is 0.0882. The first-order valence-electron chi connectivity index (χ1n) is 5.99. The third-order valence-electron chi connectivity index (χ3n) is 2.62. The van der Waals surface area contributed by atoms with Gasteiger partial charge in [0.15, 0.2) is 5.69 Å². The minimum Gasteiger partial charge on any atom is -0.507 e. The second-order valence-corrected chi connectivity index (χ2v) is 4.15. The Labute approximate surface area is 119 Å². The van der Waals surface area contributed by atoms with E-state index in [1.807, 2.05) is 0 Å². The van der Waals surface area contributed by atoms with Crippen LogP contribution in [-0.4, -0.2) is 43.6 Å². The van der Waals surface area contributed by atoms with Crippen molar-refractivity contribution < 1.29 is 19.8 Å². The molecule has 110 valence electrons. The molecule has 1 heterocycles. The first-order valence-corrected chi connectivity index (χ1v) is 5.99. The van der Waals surface area contributed by atoms with Crippen molar-refractivity contribution in [2.45, 2.75) is 6.54 Å².